The van der Waals surface area contributed by atoms with Crippen LogP contribution < -0.4 is 5.32 Å². The molecule has 17 heavy (non-hydrogen) atoms. The Balaban J connectivity index is 1.89. The second kappa shape index (κ2) is 4.13. The Bertz CT molecular complexity index is 405. The number of nitrogens with zero attached hydrogens (tertiary/aromatic N) is 1. The van der Waals surface area contributed by atoms with Gasteiger partial charge in [0, 0.05) is 18.4 Å². The van der Waals surface area contributed by atoms with E-state index in [4.69, 9.17) is 0 Å². The summed E-state index contributed by atoms with van der Waals surface area (Å²) in [7, 11) is 0. The average Bonchev–Trinajstić information content (AvgIpc) is 3.04. The van der Waals surface area contributed by atoms with E-state index < -0.39 is 0 Å². The molecular weight excluding hydrogens is 212 g/mol. The lowest BCUT2D eigenvalue weighted by Crippen LogP contribution is -2.43. The minimum Gasteiger partial charge on any atom is -0.353 e. The van der Waals surface area contributed by atoms with Gasteiger partial charge in [0.15, 0.2) is 0 Å². The number of carbonyl (C=O) groups excluding carboxylic acids is 1. The molecule has 3 nitrogen and oxygen atoms in total. The summed E-state index contributed by atoms with van der Waals surface area (Å²) in [6, 6.07) is 4.42. The highest BCUT2D eigenvalue weighted by molar-refractivity contribution is 5.88. The Morgan fingerprint density at radius 3 is 2.71 bits per heavy atom. The van der Waals surface area contributed by atoms with E-state index in [0.29, 0.717) is 6.04 Å². The molecule has 2 saturated carbocycles. The van der Waals surface area contributed by atoms with Gasteiger partial charge in [-0.3, -0.25) is 9.78 Å². The smallest absolute Gasteiger partial charge is 0.230 e. The molecule has 3 rings (SSSR count). The first-order valence-electron chi connectivity index (χ1n) is 6.53. The lowest BCUT2D eigenvalue weighted by atomic mass is 9.78. The lowest BCUT2D eigenvalue weighted by Gasteiger charge is -2.27. The zero-order chi connectivity index (χ0) is 11.7. The predicted molar refractivity (Wildman–Crippen MR) is 65.5 cm³/mol. The second-order valence-electron chi connectivity index (χ2n) is 5.28. The van der Waals surface area contributed by atoms with Crippen LogP contribution in [-0.2, 0) is 10.2 Å². The molecule has 1 heterocycles. The summed E-state index contributed by atoms with van der Waals surface area (Å²) in [4.78, 5) is 16.7. The van der Waals surface area contributed by atoms with Gasteiger partial charge < -0.3 is 5.32 Å². The van der Waals surface area contributed by atoms with Crippen molar-refractivity contribution < 1.29 is 4.79 Å². The van der Waals surface area contributed by atoms with Gasteiger partial charge in [-0.2, -0.15) is 0 Å². The fourth-order valence-electron chi connectivity index (χ4n) is 2.82. The number of hydrogen-bond acceptors (Lipinski definition) is 2. The molecule has 0 saturated heterocycles. The molecule has 0 bridgehead atoms. The van der Waals surface area contributed by atoms with Crippen molar-refractivity contribution in [2.24, 2.45) is 0 Å². The van der Waals surface area contributed by atoms with Crippen LogP contribution in [-0.4, -0.2) is 16.9 Å². The van der Waals surface area contributed by atoms with Crippen LogP contribution in [0.1, 0.15) is 44.1 Å². The first kappa shape index (κ1) is 10.8. The molecule has 1 amide bonds. The number of carbonyl (C=O) groups is 1. The molecule has 0 atom stereocenters. The van der Waals surface area contributed by atoms with Crippen LogP contribution in [0.3, 0.4) is 0 Å². The van der Waals surface area contributed by atoms with Gasteiger partial charge in [0.1, 0.15) is 0 Å². The minimum atomic E-state index is -0.295. The number of aromatic nitrogens is 1. The van der Waals surface area contributed by atoms with E-state index in [2.05, 4.69) is 10.3 Å². The molecule has 90 valence electrons. The Morgan fingerprint density at radius 2 is 2.12 bits per heavy atom. The molecule has 2 fully saturated rings. The van der Waals surface area contributed by atoms with Gasteiger partial charge in [0.05, 0.1) is 5.41 Å². The van der Waals surface area contributed by atoms with E-state index >= 15 is 0 Å². The molecule has 2 aliphatic rings. The number of amides is 1. The summed E-state index contributed by atoms with van der Waals surface area (Å²) in [5.41, 5.74) is 0.798. The van der Waals surface area contributed by atoms with Gasteiger partial charge in [-0.25, -0.2) is 0 Å². The fraction of sp³-hybridized carbons (Fsp3) is 0.571. The normalized spacial score (nSPS) is 22.4. The highest BCUT2D eigenvalue weighted by atomic mass is 16.2. The molecule has 0 radical (unpaired) electrons. The van der Waals surface area contributed by atoms with Crippen LogP contribution in [0.4, 0.5) is 0 Å². The van der Waals surface area contributed by atoms with E-state index in [1.165, 1.54) is 0 Å². The number of pyridine rings is 1. The first-order chi connectivity index (χ1) is 8.31. The highest BCUT2D eigenvalue weighted by Crippen LogP contribution is 2.41. The molecular formula is C14H18N2O. The molecule has 1 aromatic rings. The van der Waals surface area contributed by atoms with E-state index in [0.717, 1.165) is 44.1 Å². The van der Waals surface area contributed by atoms with Crippen LogP contribution in [0.5, 0.6) is 0 Å². The molecule has 1 aromatic heterocycles. The quantitative estimate of drug-likeness (QED) is 0.864. The Morgan fingerprint density at radius 1 is 1.35 bits per heavy atom. The van der Waals surface area contributed by atoms with Gasteiger partial charge in [-0.1, -0.05) is 18.9 Å². The van der Waals surface area contributed by atoms with Crippen molar-refractivity contribution in [1.29, 1.82) is 0 Å². The maximum absolute atomic E-state index is 12.5. The standard InChI is InChI=1S/C14H18N2O/c17-13(16-12-5-6-12)14(7-1-2-8-14)11-4-3-9-15-10-11/h3-4,9-10,12H,1-2,5-8H2,(H,16,17). The maximum Gasteiger partial charge on any atom is 0.230 e. The van der Waals surface area contributed by atoms with E-state index in [-0.39, 0.29) is 11.3 Å². The molecule has 1 N–H and O–H groups in total. The zero-order valence-corrected chi connectivity index (χ0v) is 9.98. The molecule has 2 aliphatic carbocycles. The fourth-order valence-corrected chi connectivity index (χ4v) is 2.82. The maximum atomic E-state index is 12.5. The lowest BCUT2D eigenvalue weighted by molar-refractivity contribution is -0.126. The summed E-state index contributed by atoms with van der Waals surface area (Å²) in [6.07, 6.45) is 10.2. The van der Waals surface area contributed by atoms with Gasteiger partial charge in [-0.05, 0) is 37.3 Å². The second-order valence-corrected chi connectivity index (χ2v) is 5.28. The summed E-state index contributed by atoms with van der Waals surface area (Å²) in [5.74, 6) is 0.227. The molecule has 0 spiro atoms. The summed E-state index contributed by atoms with van der Waals surface area (Å²) >= 11 is 0. The highest BCUT2D eigenvalue weighted by Gasteiger charge is 2.44. The van der Waals surface area contributed by atoms with Crippen molar-refractivity contribution in [3.63, 3.8) is 0 Å². The number of rotatable bonds is 3. The summed E-state index contributed by atoms with van der Waals surface area (Å²) < 4.78 is 0. The minimum absolute atomic E-state index is 0.227. The number of nitrogens with one attached hydrogen (secondary N) is 1. The van der Waals surface area contributed by atoms with Crippen LogP contribution in [0.2, 0.25) is 0 Å². The van der Waals surface area contributed by atoms with Crippen LogP contribution >= 0.6 is 0 Å². The molecule has 0 aliphatic heterocycles. The van der Waals surface area contributed by atoms with Crippen molar-refractivity contribution in [2.45, 2.75) is 50.0 Å². The van der Waals surface area contributed by atoms with Crippen molar-refractivity contribution in [1.82, 2.24) is 10.3 Å². The van der Waals surface area contributed by atoms with Crippen molar-refractivity contribution >= 4 is 5.91 Å². The van der Waals surface area contributed by atoms with Gasteiger partial charge in [0.2, 0.25) is 5.91 Å². The Kier molecular flexibility index (Phi) is 2.61. The zero-order valence-electron chi connectivity index (χ0n) is 9.98. The summed E-state index contributed by atoms with van der Waals surface area (Å²) in [5, 5.41) is 3.17. The van der Waals surface area contributed by atoms with Crippen molar-refractivity contribution in [2.75, 3.05) is 0 Å². The molecule has 3 heteroatoms. The van der Waals surface area contributed by atoms with Gasteiger partial charge in [0.25, 0.3) is 0 Å². The first-order valence-corrected chi connectivity index (χ1v) is 6.53. The SMILES string of the molecule is O=C(NC1CC1)C1(c2cccnc2)CCCC1. The largest absolute Gasteiger partial charge is 0.353 e. The predicted octanol–water partition coefficient (Wildman–Crippen LogP) is 2.17. The monoisotopic (exact) mass is 230 g/mol. The van der Waals surface area contributed by atoms with Gasteiger partial charge in [-0.15, -0.1) is 0 Å². The Labute approximate surface area is 102 Å². The van der Waals surface area contributed by atoms with Crippen LogP contribution in [0.25, 0.3) is 0 Å². The van der Waals surface area contributed by atoms with Crippen molar-refractivity contribution in [3.05, 3.63) is 30.1 Å². The third-order valence-corrected chi connectivity index (χ3v) is 4.02. The van der Waals surface area contributed by atoms with Crippen molar-refractivity contribution in [3.8, 4) is 0 Å². The van der Waals surface area contributed by atoms with Crippen LogP contribution in [0.15, 0.2) is 24.5 Å². The number of hydrogen-bond donors (Lipinski definition) is 1. The van der Waals surface area contributed by atoms with E-state index in [9.17, 15) is 4.79 Å². The third kappa shape index (κ3) is 1.94. The third-order valence-electron chi connectivity index (χ3n) is 4.02. The average molecular weight is 230 g/mol. The van der Waals surface area contributed by atoms with Gasteiger partial charge >= 0.3 is 0 Å². The molecule has 0 aromatic carbocycles. The van der Waals surface area contributed by atoms with E-state index in [1.807, 2.05) is 18.3 Å². The summed E-state index contributed by atoms with van der Waals surface area (Å²) in [6.45, 7) is 0. The Hall–Kier alpha value is -1.38. The molecule has 0 unspecified atom stereocenters. The van der Waals surface area contributed by atoms with E-state index in [1.54, 1.807) is 6.20 Å². The van der Waals surface area contributed by atoms with Crippen LogP contribution in [0, 0.1) is 0 Å². The topological polar surface area (TPSA) is 42.0 Å².